The highest BCUT2D eigenvalue weighted by Gasteiger charge is 2.38. The molecule has 0 aromatic heterocycles. The highest BCUT2D eigenvalue weighted by Crippen LogP contribution is 2.39. The molecule has 2 atom stereocenters. The Balaban J connectivity index is 1.95. The fourth-order valence-electron chi connectivity index (χ4n) is 4.50. The maximum atomic E-state index is 14.9. The topological polar surface area (TPSA) is 81.7 Å². The Bertz CT molecular complexity index is 1060. The summed E-state index contributed by atoms with van der Waals surface area (Å²) in [5, 5.41) is 14.7. The van der Waals surface area contributed by atoms with Gasteiger partial charge >= 0.3 is 12.0 Å². The fraction of sp³-hybridized carbons (Fsp3) is 0.440. The molecule has 1 fully saturated rings. The van der Waals surface area contributed by atoms with Crippen molar-refractivity contribution in [1.82, 2.24) is 0 Å². The lowest BCUT2D eigenvalue weighted by atomic mass is 9.92. The second-order valence-electron chi connectivity index (χ2n) is 9.10. The minimum Gasteiger partial charge on any atom is -0.481 e. The van der Waals surface area contributed by atoms with Crippen LogP contribution in [-0.2, 0) is 4.79 Å². The highest BCUT2D eigenvalue weighted by molar-refractivity contribution is 6.30. The molecule has 1 heterocycles. The van der Waals surface area contributed by atoms with Crippen LogP contribution in [0.3, 0.4) is 0 Å². The van der Waals surface area contributed by atoms with Gasteiger partial charge in [0.2, 0.25) is 0 Å². The minimum absolute atomic E-state index is 0.0409. The molecule has 1 saturated heterocycles. The predicted octanol–water partition coefficient (Wildman–Crippen LogP) is 6.81. The Morgan fingerprint density at radius 3 is 2.53 bits per heavy atom. The number of amides is 2. The van der Waals surface area contributed by atoms with Crippen molar-refractivity contribution in [3.63, 3.8) is 0 Å². The molecular weight excluding hydrogens is 464 g/mol. The van der Waals surface area contributed by atoms with Crippen LogP contribution in [0.1, 0.15) is 57.9 Å². The lowest BCUT2D eigenvalue weighted by Gasteiger charge is -2.35. The monoisotopic (exact) mass is 493 g/mol. The summed E-state index contributed by atoms with van der Waals surface area (Å²) in [4.78, 5) is 26.0. The van der Waals surface area contributed by atoms with Crippen LogP contribution in [0.25, 0.3) is 0 Å². The molecule has 3 rings (SSSR count). The molecule has 0 aliphatic carbocycles. The molecule has 1 aliphatic rings. The summed E-state index contributed by atoms with van der Waals surface area (Å²) in [6.07, 6.45) is 2.01. The summed E-state index contributed by atoms with van der Waals surface area (Å²) >= 11 is 5.78. The lowest BCUT2D eigenvalue weighted by Crippen LogP contribution is -2.43. The number of halogens is 3. The Hall–Kier alpha value is -2.87. The number of carboxylic acids is 1. The van der Waals surface area contributed by atoms with Gasteiger partial charge in [0.15, 0.2) is 0 Å². The molecule has 34 heavy (non-hydrogen) atoms. The van der Waals surface area contributed by atoms with E-state index in [1.54, 1.807) is 12.1 Å². The number of carbonyl (C=O) groups excluding carboxylic acids is 1. The van der Waals surface area contributed by atoms with Crippen molar-refractivity contribution in [3.8, 4) is 0 Å². The standard InChI is InChI=1S/C25H30ClF2N3O3/c1-4-15(13-23(32)33)16-7-10-21(31-11-5-6-22(31)25(2,3)28)20(12-16)30-24(34)29-19-9-8-17(26)14-18(19)27/h7-10,12,14-15,22H,4-6,11,13H2,1-3H3,(H,32,33)(H2,29,30,34)/t15-,22?/m1/s1. The number of benzene rings is 2. The number of rotatable bonds is 8. The number of nitrogens with zero attached hydrogens (tertiary/aromatic N) is 1. The number of carboxylic acid groups (broad SMARTS) is 1. The molecule has 0 radical (unpaired) electrons. The van der Waals surface area contributed by atoms with Gasteiger partial charge in [-0.2, -0.15) is 0 Å². The van der Waals surface area contributed by atoms with Crippen LogP contribution < -0.4 is 15.5 Å². The zero-order chi connectivity index (χ0) is 25.0. The number of hydrogen-bond donors (Lipinski definition) is 3. The quantitative estimate of drug-likeness (QED) is 0.377. The fourth-order valence-corrected chi connectivity index (χ4v) is 4.66. The van der Waals surface area contributed by atoms with Crippen LogP contribution in [0.2, 0.25) is 5.02 Å². The number of aliphatic carboxylic acids is 1. The maximum absolute atomic E-state index is 14.9. The molecule has 2 amide bonds. The number of alkyl halides is 1. The van der Waals surface area contributed by atoms with Gasteiger partial charge in [-0.1, -0.05) is 24.6 Å². The van der Waals surface area contributed by atoms with Crippen LogP contribution in [0, 0.1) is 5.82 Å². The van der Waals surface area contributed by atoms with E-state index in [0.717, 1.165) is 18.1 Å². The van der Waals surface area contributed by atoms with Crippen LogP contribution in [0.15, 0.2) is 36.4 Å². The van der Waals surface area contributed by atoms with Gasteiger partial charge < -0.3 is 20.6 Å². The number of nitrogens with one attached hydrogen (secondary N) is 2. The Kier molecular flexibility index (Phi) is 8.02. The molecule has 2 aromatic carbocycles. The van der Waals surface area contributed by atoms with Crippen molar-refractivity contribution in [3.05, 3.63) is 52.8 Å². The van der Waals surface area contributed by atoms with Crippen molar-refractivity contribution in [1.29, 1.82) is 0 Å². The van der Waals surface area contributed by atoms with E-state index in [4.69, 9.17) is 11.6 Å². The van der Waals surface area contributed by atoms with E-state index in [-0.39, 0.29) is 29.1 Å². The van der Waals surface area contributed by atoms with E-state index in [1.807, 2.05) is 17.9 Å². The van der Waals surface area contributed by atoms with Gasteiger partial charge in [0, 0.05) is 11.6 Å². The summed E-state index contributed by atoms with van der Waals surface area (Å²) in [6.45, 7) is 5.58. The van der Waals surface area contributed by atoms with Crippen molar-refractivity contribution in [2.45, 2.75) is 64.1 Å². The lowest BCUT2D eigenvalue weighted by molar-refractivity contribution is -0.137. The van der Waals surface area contributed by atoms with E-state index < -0.39 is 23.5 Å². The molecule has 184 valence electrons. The molecule has 2 aromatic rings. The molecule has 9 heteroatoms. The van der Waals surface area contributed by atoms with Crippen LogP contribution >= 0.6 is 11.6 Å². The third-order valence-electron chi connectivity index (χ3n) is 6.19. The zero-order valence-corrected chi connectivity index (χ0v) is 20.3. The van der Waals surface area contributed by atoms with Crippen molar-refractivity contribution in [2.75, 3.05) is 22.1 Å². The first kappa shape index (κ1) is 25.7. The number of hydrogen-bond acceptors (Lipinski definition) is 3. The summed E-state index contributed by atoms with van der Waals surface area (Å²) in [5.41, 5.74) is 0.284. The van der Waals surface area contributed by atoms with E-state index >= 15 is 0 Å². The van der Waals surface area contributed by atoms with Gasteiger partial charge in [0.05, 0.1) is 29.5 Å². The normalized spacial score (nSPS) is 16.9. The highest BCUT2D eigenvalue weighted by atomic mass is 35.5. The largest absolute Gasteiger partial charge is 0.481 e. The van der Waals surface area contributed by atoms with Crippen molar-refractivity contribution < 1.29 is 23.5 Å². The molecule has 0 spiro atoms. The van der Waals surface area contributed by atoms with Gasteiger partial charge in [-0.3, -0.25) is 4.79 Å². The average Bonchev–Trinajstić information content (AvgIpc) is 3.24. The second-order valence-corrected chi connectivity index (χ2v) is 9.54. The molecule has 1 unspecified atom stereocenters. The molecule has 0 bridgehead atoms. The average molecular weight is 494 g/mol. The van der Waals surface area contributed by atoms with Crippen molar-refractivity contribution in [2.24, 2.45) is 0 Å². The van der Waals surface area contributed by atoms with Crippen LogP contribution in [0.5, 0.6) is 0 Å². The minimum atomic E-state index is -1.46. The van der Waals surface area contributed by atoms with Crippen LogP contribution in [0.4, 0.5) is 30.6 Å². The molecule has 6 nitrogen and oxygen atoms in total. The maximum Gasteiger partial charge on any atom is 0.323 e. The summed E-state index contributed by atoms with van der Waals surface area (Å²) < 4.78 is 29.1. The summed E-state index contributed by atoms with van der Waals surface area (Å²) in [5.74, 6) is -1.85. The first-order valence-corrected chi connectivity index (χ1v) is 11.7. The second kappa shape index (κ2) is 10.6. The smallest absolute Gasteiger partial charge is 0.323 e. The Labute approximate surface area is 203 Å². The van der Waals surface area contributed by atoms with Crippen molar-refractivity contribution >= 4 is 40.7 Å². The molecule has 0 saturated carbocycles. The van der Waals surface area contributed by atoms with E-state index in [1.165, 1.54) is 26.0 Å². The first-order valence-electron chi connectivity index (χ1n) is 11.3. The summed E-state index contributed by atoms with van der Waals surface area (Å²) in [7, 11) is 0. The Morgan fingerprint density at radius 1 is 1.21 bits per heavy atom. The van der Waals surface area contributed by atoms with Crippen LogP contribution in [-0.4, -0.2) is 35.4 Å². The summed E-state index contributed by atoms with van der Waals surface area (Å²) in [6, 6.07) is 8.21. The van der Waals surface area contributed by atoms with E-state index in [9.17, 15) is 23.5 Å². The number of anilines is 3. The van der Waals surface area contributed by atoms with E-state index in [0.29, 0.717) is 30.8 Å². The zero-order valence-electron chi connectivity index (χ0n) is 19.5. The Morgan fingerprint density at radius 2 is 1.91 bits per heavy atom. The van der Waals surface area contributed by atoms with Gasteiger partial charge in [-0.15, -0.1) is 0 Å². The molecular formula is C25H30ClF2N3O3. The number of urea groups is 1. The van der Waals surface area contributed by atoms with Gasteiger partial charge in [0.1, 0.15) is 11.5 Å². The first-order chi connectivity index (χ1) is 16.0. The third kappa shape index (κ3) is 6.17. The van der Waals surface area contributed by atoms with E-state index in [2.05, 4.69) is 10.6 Å². The van der Waals surface area contributed by atoms with Gasteiger partial charge in [0.25, 0.3) is 0 Å². The van der Waals surface area contributed by atoms with Gasteiger partial charge in [-0.25, -0.2) is 13.6 Å². The molecule has 1 aliphatic heterocycles. The predicted molar refractivity (Wildman–Crippen MR) is 131 cm³/mol. The molecule has 3 N–H and O–H groups in total. The third-order valence-corrected chi connectivity index (χ3v) is 6.42. The SMILES string of the molecule is CC[C@H](CC(=O)O)c1ccc(N2CCCC2C(C)(C)F)c(NC(=O)Nc2ccc(Cl)cc2F)c1. The number of carbonyl (C=O) groups is 2. The van der Waals surface area contributed by atoms with Gasteiger partial charge in [-0.05, 0) is 74.9 Å².